The maximum absolute atomic E-state index is 11.5. The van der Waals surface area contributed by atoms with Crippen molar-refractivity contribution in [3.63, 3.8) is 0 Å². The van der Waals surface area contributed by atoms with Crippen molar-refractivity contribution in [3.05, 3.63) is 35.4 Å². The van der Waals surface area contributed by atoms with Crippen LogP contribution in [0.4, 0.5) is 0 Å². The van der Waals surface area contributed by atoms with Crippen molar-refractivity contribution in [2.24, 2.45) is 7.05 Å². The van der Waals surface area contributed by atoms with Crippen LogP contribution in [0.3, 0.4) is 0 Å². The van der Waals surface area contributed by atoms with Crippen LogP contribution in [0.1, 0.15) is 17.0 Å². The van der Waals surface area contributed by atoms with Crippen LogP contribution in [0, 0.1) is 13.8 Å². The topological polar surface area (TPSA) is 74.1 Å². The van der Waals surface area contributed by atoms with Crippen molar-refractivity contribution in [2.75, 3.05) is 0 Å². The summed E-state index contributed by atoms with van der Waals surface area (Å²) >= 11 is 0. The van der Waals surface area contributed by atoms with E-state index in [2.05, 4.69) is 10.2 Å². The van der Waals surface area contributed by atoms with E-state index >= 15 is 0 Å². The van der Waals surface area contributed by atoms with Crippen LogP contribution in [0.2, 0.25) is 0 Å². The number of aryl methyl sites for hydroxylation is 3. The minimum atomic E-state index is -3.76. The first-order valence-corrected chi connectivity index (χ1v) is 8.11. The van der Waals surface area contributed by atoms with Gasteiger partial charge in [0.05, 0.1) is 4.90 Å². The predicted octanol–water partition coefficient (Wildman–Crippen LogP) is 1.94. The Morgan fingerprint density at radius 1 is 1.30 bits per heavy atom. The molecule has 20 heavy (non-hydrogen) atoms. The molecule has 0 aliphatic heterocycles. The molecule has 1 heterocycles. The van der Waals surface area contributed by atoms with Gasteiger partial charge in [0.15, 0.2) is 5.82 Å². The summed E-state index contributed by atoms with van der Waals surface area (Å²) in [7, 11) is 3.47. The number of ether oxygens (including phenoxy) is 1. The Morgan fingerprint density at radius 3 is 2.35 bits per heavy atom. The number of hydrogen-bond acceptors (Lipinski definition) is 5. The molecule has 1 aromatic heterocycles. The van der Waals surface area contributed by atoms with Crippen LogP contribution in [0.15, 0.2) is 23.4 Å². The molecule has 108 valence electrons. The van der Waals surface area contributed by atoms with E-state index in [4.69, 9.17) is 15.4 Å². The molecule has 0 bridgehead atoms. The Morgan fingerprint density at radius 2 is 1.90 bits per heavy atom. The first-order valence-electron chi connectivity index (χ1n) is 5.80. The molecule has 0 aliphatic carbocycles. The monoisotopic (exact) mass is 315 g/mol. The molecular formula is C12H14ClN3O3S. The molecule has 1 aromatic carbocycles. The molecule has 0 N–H and O–H groups in total. The van der Waals surface area contributed by atoms with Gasteiger partial charge in [-0.05, 0) is 37.1 Å². The van der Waals surface area contributed by atoms with Crippen LogP contribution in [-0.4, -0.2) is 23.2 Å². The first-order chi connectivity index (χ1) is 9.29. The van der Waals surface area contributed by atoms with E-state index in [0.29, 0.717) is 22.7 Å². The molecular weight excluding hydrogens is 302 g/mol. The van der Waals surface area contributed by atoms with E-state index in [-0.39, 0.29) is 11.5 Å². The zero-order chi connectivity index (χ0) is 14.9. The lowest BCUT2D eigenvalue weighted by Crippen LogP contribution is -2.04. The molecule has 2 rings (SSSR count). The van der Waals surface area contributed by atoms with Crippen molar-refractivity contribution in [1.29, 1.82) is 0 Å². The molecule has 0 radical (unpaired) electrons. The quantitative estimate of drug-likeness (QED) is 0.806. The summed E-state index contributed by atoms with van der Waals surface area (Å²) in [6.07, 6.45) is 1.58. The summed E-state index contributed by atoms with van der Waals surface area (Å²) in [5.74, 6) is 1.24. The van der Waals surface area contributed by atoms with Gasteiger partial charge >= 0.3 is 0 Å². The largest absolute Gasteiger partial charge is 0.486 e. The summed E-state index contributed by atoms with van der Waals surface area (Å²) in [6.45, 7) is 3.61. The Hall–Kier alpha value is -1.60. The highest BCUT2D eigenvalue weighted by molar-refractivity contribution is 8.13. The Labute approximate surface area is 121 Å². The van der Waals surface area contributed by atoms with Gasteiger partial charge in [-0.15, -0.1) is 10.2 Å². The first kappa shape index (κ1) is 14.8. The van der Waals surface area contributed by atoms with Crippen LogP contribution >= 0.6 is 10.7 Å². The fraction of sp³-hybridized carbons (Fsp3) is 0.333. The van der Waals surface area contributed by atoms with Gasteiger partial charge in [-0.3, -0.25) is 0 Å². The molecule has 0 spiro atoms. The van der Waals surface area contributed by atoms with Gasteiger partial charge < -0.3 is 9.30 Å². The average Bonchev–Trinajstić information content (AvgIpc) is 2.69. The van der Waals surface area contributed by atoms with E-state index in [1.54, 1.807) is 36.9 Å². The van der Waals surface area contributed by atoms with Gasteiger partial charge in [0.25, 0.3) is 9.05 Å². The number of nitrogens with zero attached hydrogens (tertiary/aromatic N) is 3. The molecule has 0 fully saturated rings. The van der Waals surface area contributed by atoms with Crippen LogP contribution in [0.5, 0.6) is 5.75 Å². The number of hydrogen-bond donors (Lipinski definition) is 0. The van der Waals surface area contributed by atoms with Crippen molar-refractivity contribution in [3.8, 4) is 5.75 Å². The second-order valence-electron chi connectivity index (χ2n) is 4.47. The van der Waals surface area contributed by atoms with Crippen LogP contribution < -0.4 is 4.74 Å². The lowest BCUT2D eigenvalue weighted by atomic mass is 10.1. The summed E-state index contributed by atoms with van der Waals surface area (Å²) in [6, 6.07) is 3.28. The fourth-order valence-electron chi connectivity index (χ4n) is 1.96. The smallest absolute Gasteiger partial charge is 0.261 e. The summed E-state index contributed by atoms with van der Waals surface area (Å²) in [5, 5.41) is 7.66. The Bertz CT molecular complexity index is 717. The van der Waals surface area contributed by atoms with E-state index < -0.39 is 9.05 Å². The molecule has 0 amide bonds. The molecule has 0 atom stereocenters. The van der Waals surface area contributed by atoms with Crippen molar-refractivity contribution in [2.45, 2.75) is 25.3 Å². The fourth-order valence-corrected chi connectivity index (χ4v) is 3.58. The summed E-state index contributed by atoms with van der Waals surface area (Å²) in [5.41, 5.74) is 1.10. The zero-order valence-corrected chi connectivity index (χ0v) is 12.9. The molecule has 8 heteroatoms. The van der Waals surface area contributed by atoms with Crippen molar-refractivity contribution < 1.29 is 13.2 Å². The second-order valence-corrected chi connectivity index (χ2v) is 6.97. The van der Waals surface area contributed by atoms with Gasteiger partial charge in [0, 0.05) is 17.7 Å². The minimum Gasteiger partial charge on any atom is -0.486 e. The molecule has 0 aliphatic rings. The molecule has 0 saturated heterocycles. The van der Waals surface area contributed by atoms with Gasteiger partial charge in [0.2, 0.25) is 0 Å². The SMILES string of the molecule is Cc1cc(OCc2nncn2C)cc(C)c1S(=O)(=O)Cl. The Balaban J connectivity index is 2.25. The van der Waals surface area contributed by atoms with Crippen molar-refractivity contribution in [1.82, 2.24) is 14.8 Å². The lowest BCUT2D eigenvalue weighted by Gasteiger charge is -2.11. The number of halogens is 1. The van der Waals surface area contributed by atoms with Crippen LogP contribution in [-0.2, 0) is 22.7 Å². The highest BCUT2D eigenvalue weighted by Gasteiger charge is 2.18. The zero-order valence-electron chi connectivity index (χ0n) is 11.3. The number of rotatable bonds is 4. The standard InChI is InChI=1S/C12H14ClN3O3S/c1-8-4-10(5-9(2)12(8)20(13,17)18)19-6-11-15-14-7-16(11)3/h4-5,7H,6H2,1-3H3. The van der Waals surface area contributed by atoms with E-state index in [1.807, 2.05) is 7.05 Å². The van der Waals surface area contributed by atoms with Gasteiger partial charge in [-0.2, -0.15) is 0 Å². The lowest BCUT2D eigenvalue weighted by molar-refractivity contribution is 0.290. The van der Waals surface area contributed by atoms with Gasteiger partial charge in [0.1, 0.15) is 18.7 Å². The van der Waals surface area contributed by atoms with E-state index in [1.165, 1.54) is 0 Å². The average molecular weight is 316 g/mol. The predicted molar refractivity (Wildman–Crippen MR) is 74.3 cm³/mol. The Kier molecular flexibility index (Phi) is 4.01. The third-order valence-corrected chi connectivity index (χ3v) is 4.45. The molecule has 0 unspecified atom stereocenters. The normalized spacial score (nSPS) is 11.6. The summed E-state index contributed by atoms with van der Waals surface area (Å²) in [4.78, 5) is 0.130. The van der Waals surface area contributed by atoms with Crippen LogP contribution in [0.25, 0.3) is 0 Å². The number of benzene rings is 1. The third-order valence-electron chi connectivity index (χ3n) is 2.85. The maximum atomic E-state index is 11.5. The highest BCUT2D eigenvalue weighted by Crippen LogP contribution is 2.28. The molecule has 6 nitrogen and oxygen atoms in total. The second kappa shape index (κ2) is 5.41. The van der Waals surface area contributed by atoms with E-state index in [9.17, 15) is 8.42 Å². The van der Waals surface area contributed by atoms with Gasteiger partial charge in [-0.1, -0.05) is 0 Å². The van der Waals surface area contributed by atoms with E-state index in [0.717, 1.165) is 0 Å². The molecule has 2 aromatic rings. The van der Waals surface area contributed by atoms with Gasteiger partial charge in [-0.25, -0.2) is 8.42 Å². The third kappa shape index (κ3) is 3.10. The maximum Gasteiger partial charge on any atom is 0.261 e. The van der Waals surface area contributed by atoms with Crippen molar-refractivity contribution >= 4 is 19.7 Å². The minimum absolute atomic E-state index is 0.130. The summed E-state index contributed by atoms with van der Waals surface area (Å²) < 4.78 is 30.3. The molecule has 0 saturated carbocycles. The number of aromatic nitrogens is 3. The highest BCUT2D eigenvalue weighted by atomic mass is 35.7.